The first-order valence-electron chi connectivity index (χ1n) is 7.35. The van der Waals surface area contributed by atoms with Gasteiger partial charge in [0.1, 0.15) is 5.82 Å². The molecule has 0 atom stereocenters. The van der Waals surface area contributed by atoms with Crippen LogP contribution in [0.1, 0.15) is 12.5 Å². The Morgan fingerprint density at radius 3 is 2.62 bits per heavy atom. The maximum Gasteiger partial charge on any atom is 0.191 e. The second-order valence-corrected chi connectivity index (χ2v) is 6.84. The van der Waals surface area contributed by atoms with Crippen molar-refractivity contribution in [1.82, 2.24) is 14.8 Å². The number of aromatic nitrogens is 3. The summed E-state index contributed by atoms with van der Waals surface area (Å²) in [4.78, 5) is 0. The molecule has 0 saturated carbocycles. The third-order valence-electron chi connectivity index (χ3n) is 3.52. The first-order valence-corrected chi connectivity index (χ1v) is 9.09. The molecular weight excluding hydrogens is 368 g/mol. The molecule has 7 heteroatoms. The van der Waals surface area contributed by atoms with Gasteiger partial charge >= 0.3 is 0 Å². The largest absolute Gasteiger partial charge is 0.302 e. The maximum absolute atomic E-state index is 13.9. The molecule has 3 nitrogen and oxygen atoms in total. The van der Waals surface area contributed by atoms with E-state index in [1.807, 2.05) is 35.8 Å². The van der Waals surface area contributed by atoms with Gasteiger partial charge in [-0.15, -0.1) is 10.2 Å². The van der Waals surface area contributed by atoms with Crippen LogP contribution in [0.5, 0.6) is 0 Å². The highest BCUT2D eigenvalue weighted by atomic mass is 35.5. The molecule has 2 aromatic carbocycles. The quantitative estimate of drug-likeness (QED) is 0.530. The van der Waals surface area contributed by atoms with Gasteiger partial charge in [-0.25, -0.2) is 4.39 Å². The molecule has 1 heterocycles. The monoisotopic (exact) mass is 381 g/mol. The standard InChI is InChI=1S/C17H14Cl2FN3S/c1-2-23-16(11-5-3-6-12(18)9-11)21-22-17(23)24-10-13-14(19)7-4-8-15(13)20/h3-9H,2,10H2,1H3. The molecule has 0 saturated heterocycles. The lowest BCUT2D eigenvalue weighted by atomic mass is 10.2. The molecule has 0 aliphatic rings. The molecular formula is C17H14Cl2FN3S. The molecule has 0 bridgehead atoms. The van der Waals surface area contributed by atoms with Crippen molar-refractivity contribution < 1.29 is 4.39 Å². The number of hydrogen-bond donors (Lipinski definition) is 0. The van der Waals surface area contributed by atoms with Gasteiger partial charge in [0, 0.05) is 33.5 Å². The maximum atomic E-state index is 13.9. The van der Waals surface area contributed by atoms with Crippen molar-refractivity contribution in [3.05, 3.63) is 63.9 Å². The van der Waals surface area contributed by atoms with Gasteiger partial charge in [0.05, 0.1) is 0 Å². The number of thioether (sulfide) groups is 1. The fourth-order valence-electron chi connectivity index (χ4n) is 2.33. The Hall–Kier alpha value is -1.56. The van der Waals surface area contributed by atoms with E-state index in [1.54, 1.807) is 12.1 Å². The van der Waals surface area contributed by atoms with Crippen LogP contribution in [0.3, 0.4) is 0 Å². The molecule has 0 fully saturated rings. The normalized spacial score (nSPS) is 11.0. The molecule has 0 aliphatic heterocycles. The van der Waals surface area contributed by atoms with Crippen molar-refractivity contribution in [3.63, 3.8) is 0 Å². The lowest BCUT2D eigenvalue weighted by Crippen LogP contribution is -2.00. The second kappa shape index (κ2) is 7.55. The van der Waals surface area contributed by atoms with Crippen molar-refractivity contribution in [1.29, 1.82) is 0 Å². The van der Waals surface area contributed by atoms with E-state index in [0.29, 0.717) is 33.1 Å². The summed E-state index contributed by atoms with van der Waals surface area (Å²) >= 11 is 13.5. The first-order chi connectivity index (χ1) is 11.6. The second-order valence-electron chi connectivity index (χ2n) is 5.05. The summed E-state index contributed by atoms with van der Waals surface area (Å²) in [6, 6.07) is 12.2. The number of halogens is 3. The summed E-state index contributed by atoms with van der Waals surface area (Å²) in [5, 5.41) is 10.3. The van der Waals surface area contributed by atoms with Gasteiger partial charge in [0.25, 0.3) is 0 Å². The molecule has 124 valence electrons. The molecule has 0 aliphatic carbocycles. The molecule has 24 heavy (non-hydrogen) atoms. The molecule has 3 aromatic rings. The van der Waals surface area contributed by atoms with Gasteiger partial charge < -0.3 is 4.57 Å². The number of benzene rings is 2. The van der Waals surface area contributed by atoms with Gasteiger partial charge in [-0.05, 0) is 31.2 Å². The van der Waals surface area contributed by atoms with Crippen molar-refractivity contribution in [2.45, 2.75) is 24.4 Å². The van der Waals surface area contributed by atoms with E-state index in [4.69, 9.17) is 23.2 Å². The zero-order valence-corrected chi connectivity index (χ0v) is 15.2. The number of hydrogen-bond acceptors (Lipinski definition) is 3. The van der Waals surface area contributed by atoms with Crippen LogP contribution in [-0.2, 0) is 12.3 Å². The Kier molecular flexibility index (Phi) is 5.43. The average molecular weight is 382 g/mol. The molecule has 0 amide bonds. The van der Waals surface area contributed by atoms with Gasteiger partial charge in [-0.1, -0.05) is 53.2 Å². The van der Waals surface area contributed by atoms with Crippen molar-refractivity contribution in [2.75, 3.05) is 0 Å². The van der Waals surface area contributed by atoms with E-state index in [9.17, 15) is 4.39 Å². The SMILES string of the molecule is CCn1c(SCc2c(F)cccc2Cl)nnc1-c1cccc(Cl)c1. The highest BCUT2D eigenvalue weighted by molar-refractivity contribution is 7.98. The minimum Gasteiger partial charge on any atom is -0.302 e. The summed E-state index contributed by atoms with van der Waals surface area (Å²) in [5.74, 6) is 0.814. The van der Waals surface area contributed by atoms with Crippen LogP contribution in [0.15, 0.2) is 47.6 Å². The zero-order valence-electron chi connectivity index (χ0n) is 12.8. The summed E-state index contributed by atoms with van der Waals surface area (Å²) in [5.41, 5.74) is 1.37. The summed E-state index contributed by atoms with van der Waals surface area (Å²) in [6.07, 6.45) is 0. The summed E-state index contributed by atoms with van der Waals surface area (Å²) < 4.78 is 15.9. The first kappa shape index (κ1) is 17.3. The Morgan fingerprint density at radius 2 is 1.92 bits per heavy atom. The van der Waals surface area contributed by atoms with Crippen LogP contribution in [0.2, 0.25) is 10.0 Å². The smallest absolute Gasteiger partial charge is 0.191 e. The molecule has 3 rings (SSSR count). The van der Waals surface area contributed by atoms with Gasteiger partial charge in [0.2, 0.25) is 0 Å². The summed E-state index contributed by atoms with van der Waals surface area (Å²) in [7, 11) is 0. The van der Waals surface area contributed by atoms with E-state index in [-0.39, 0.29) is 5.82 Å². The van der Waals surface area contributed by atoms with Gasteiger partial charge in [-0.3, -0.25) is 0 Å². The molecule has 1 aromatic heterocycles. The molecule has 0 N–H and O–H groups in total. The van der Waals surface area contributed by atoms with Gasteiger partial charge in [0.15, 0.2) is 11.0 Å². The van der Waals surface area contributed by atoms with Crippen LogP contribution in [0.4, 0.5) is 4.39 Å². The fraction of sp³-hybridized carbons (Fsp3) is 0.176. The Bertz CT molecular complexity index is 847. The minimum atomic E-state index is -0.312. The highest BCUT2D eigenvalue weighted by Crippen LogP contribution is 2.30. The number of rotatable bonds is 5. The average Bonchev–Trinajstić information content (AvgIpc) is 2.97. The fourth-order valence-corrected chi connectivity index (χ4v) is 3.86. The lowest BCUT2D eigenvalue weighted by molar-refractivity contribution is 0.617. The third kappa shape index (κ3) is 3.58. The Labute approximate surface area is 153 Å². The Balaban J connectivity index is 1.87. The van der Waals surface area contributed by atoms with Crippen molar-refractivity contribution in [3.8, 4) is 11.4 Å². The summed E-state index contributed by atoms with van der Waals surface area (Å²) in [6.45, 7) is 2.71. The van der Waals surface area contributed by atoms with Crippen LogP contribution in [0, 0.1) is 5.82 Å². The lowest BCUT2D eigenvalue weighted by Gasteiger charge is -2.08. The molecule has 0 radical (unpaired) electrons. The van der Waals surface area contributed by atoms with Crippen LogP contribution in [-0.4, -0.2) is 14.8 Å². The van der Waals surface area contributed by atoms with E-state index in [1.165, 1.54) is 17.8 Å². The van der Waals surface area contributed by atoms with Crippen LogP contribution in [0.25, 0.3) is 11.4 Å². The van der Waals surface area contributed by atoms with Crippen molar-refractivity contribution >= 4 is 35.0 Å². The van der Waals surface area contributed by atoms with E-state index in [2.05, 4.69) is 10.2 Å². The number of nitrogens with zero attached hydrogens (tertiary/aromatic N) is 3. The predicted molar refractivity (Wildman–Crippen MR) is 97.1 cm³/mol. The van der Waals surface area contributed by atoms with E-state index < -0.39 is 0 Å². The molecule has 0 unspecified atom stereocenters. The third-order valence-corrected chi connectivity index (χ3v) is 5.11. The van der Waals surface area contributed by atoms with E-state index in [0.717, 1.165) is 11.4 Å². The molecule has 0 spiro atoms. The van der Waals surface area contributed by atoms with Crippen LogP contribution >= 0.6 is 35.0 Å². The predicted octanol–water partition coefficient (Wildman–Crippen LogP) is 5.70. The highest BCUT2D eigenvalue weighted by Gasteiger charge is 2.15. The van der Waals surface area contributed by atoms with E-state index >= 15 is 0 Å². The Morgan fingerprint density at radius 1 is 1.12 bits per heavy atom. The zero-order chi connectivity index (χ0) is 17.1. The minimum absolute atomic E-state index is 0.312. The topological polar surface area (TPSA) is 30.7 Å². The van der Waals surface area contributed by atoms with Crippen molar-refractivity contribution in [2.24, 2.45) is 0 Å². The van der Waals surface area contributed by atoms with Gasteiger partial charge in [-0.2, -0.15) is 0 Å². The van der Waals surface area contributed by atoms with Crippen LogP contribution < -0.4 is 0 Å².